The molecule has 2 aromatic heterocycles. The second-order valence-electron chi connectivity index (χ2n) is 5.44. The highest BCUT2D eigenvalue weighted by Crippen LogP contribution is 2.30. The highest BCUT2D eigenvalue weighted by atomic mass is 32.1. The standard InChI is InChI=1S/C15H16N2O3S2/c18-12(17-15(14(19)20)5-1-2-6-15)8-10-9-22-13(16-10)11-4-3-7-21-11/h3-4,7,9H,1-2,5-6,8H2,(H,17,18)(H,19,20). The van der Waals surface area contributed by atoms with Crippen molar-refractivity contribution in [3.8, 4) is 9.88 Å². The molecule has 5 nitrogen and oxygen atoms in total. The summed E-state index contributed by atoms with van der Waals surface area (Å²) in [5.41, 5.74) is -0.395. The Morgan fingerprint density at radius 3 is 2.73 bits per heavy atom. The fourth-order valence-corrected chi connectivity index (χ4v) is 4.38. The number of thiophene rings is 1. The first kappa shape index (κ1) is 15.2. The van der Waals surface area contributed by atoms with Crippen LogP contribution in [-0.2, 0) is 16.0 Å². The van der Waals surface area contributed by atoms with E-state index in [0.29, 0.717) is 18.5 Å². The second kappa shape index (κ2) is 6.18. The molecule has 1 aliphatic rings. The predicted molar refractivity (Wildman–Crippen MR) is 86.1 cm³/mol. The van der Waals surface area contributed by atoms with Gasteiger partial charge in [0.2, 0.25) is 5.91 Å². The van der Waals surface area contributed by atoms with Crippen molar-refractivity contribution in [3.05, 3.63) is 28.6 Å². The summed E-state index contributed by atoms with van der Waals surface area (Å²) in [4.78, 5) is 29.1. The molecule has 1 saturated carbocycles. The minimum Gasteiger partial charge on any atom is -0.480 e. The van der Waals surface area contributed by atoms with Gasteiger partial charge in [0.1, 0.15) is 10.5 Å². The van der Waals surface area contributed by atoms with E-state index in [0.717, 1.165) is 22.7 Å². The predicted octanol–water partition coefficient (Wildman–Crippen LogP) is 2.93. The Bertz CT molecular complexity index is 673. The maximum Gasteiger partial charge on any atom is 0.329 e. The van der Waals surface area contributed by atoms with Gasteiger partial charge in [0.05, 0.1) is 17.0 Å². The van der Waals surface area contributed by atoms with Crippen LogP contribution >= 0.6 is 22.7 Å². The van der Waals surface area contributed by atoms with Gasteiger partial charge in [-0.2, -0.15) is 0 Å². The summed E-state index contributed by atoms with van der Waals surface area (Å²) >= 11 is 3.11. The number of amides is 1. The summed E-state index contributed by atoms with van der Waals surface area (Å²) in [7, 11) is 0. The molecular formula is C15H16N2O3S2. The Kier molecular flexibility index (Phi) is 4.26. The van der Waals surface area contributed by atoms with Crippen LogP contribution in [0.1, 0.15) is 31.4 Å². The van der Waals surface area contributed by atoms with Gasteiger partial charge in [-0.1, -0.05) is 18.9 Å². The molecule has 0 atom stereocenters. The maximum absolute atomic E-state index is 12.2. The van der Waals surface area contributed by atoms with Crippen LogP contribution in [-0.4, -0.2) is 27.5 Å². The summed E-state index contributed by atoms with van der Waals surface area (Å²) in [6.07, 6.45) is 2.81. The van der Waals surface area contributed by atoms with Gasteiger partial charge in [-0.25, -0.2) is 9.78 Å². The molecule has 3 rings (SSSR count). The zero-order chi connectivity index (χ0) is 15.6. The molecule has 2 aromatic rings. The lowest BCUT2D eigenvalue weighted by molar-refractivity contribution is -0.147. The van der Waals surface area contributed by atoms with E-state index >= 15 is 0 Å². The van der Waals surface area contributed by atoms with E-state index in [9.17, 15) is 14.7 Å². The summed E-state index contributed by atoms with van der Waals surface area (Å²) < 4.78 is 0. The lowest BCUT2D eigenvalue weighted by Crippen LogP contribution is -2.52. The molecule has 2 N–H and O–H groups in total. The third-order valence-electron chi connectivity index (χ3n) is 3.87. The first-order valence-corrected chi connectivity index (χ1v) is 8.88. The third kappa shape index (κ3) is 3.05. The number of carboxylic acids is 1. The Labute approximate surface area is 136 Å². The number of rotatable bonds is 5. The molecule has 0 saturated heterocycles. The van der Waals surface area contributed by atoms with Crippen LogP contribution in [0, 0.1) is 0 Å². The van der Waals surface area contributed by atoms with Crippen molar-refractivity contribution >= 4 is 34.6 Å². The molecule has 0 unspecified atom stereocenters. The number of carbonyl (C=O) groups excluding carboxylic acids is 1. The van der Waals surface area contributed by atoms with E-state index in [1.165, 1.54) is 11.3 Å². The number of carbonyl (C=O) groups is 2. The molecule has 1 aliphatic carbocycles. The maximum atomic E-state index is 12.2. The number of nitrogens with zero attached hydrogens (tertiary/aromatic N) is 1. The number of aliphatic carboxylic acids is 1. The third-order valence-corrected chi connectivity index (χ3v) is 5.80. The highest BCUT2D eigenvalue weighted by molar-refractivity contribution is 7.20. The number of nitrogens with one attached hydrogen (secondary N) is 1. The van der Waals surface area contributed by atoms with Crippen molar-refractivity contribution in [1.82, 2.24) is 10.3 Å². The molecule has 0 radical (unpaired) electrons. The SMILES string of the molecule is O=C(Cc1csc(-c2cccs2)n1)NC1(C(=O)O)CCCC1. The van der Waals surface area contributed by atoms with Crippen molar-refractivity contribution in [2.24, 2.45) is 0 Å². The van der Waals surface area contributed by atoms with Crippen LogP contribution < -0.4 is 5.32 Å². The molecule has 2 heterocycles. The van der Waals surface area contributed by atoms with Crippen molar-refractivity contribution in [2.45, 2.75) is 37.6 Å². The number of thiazole rings is 1. The van der Waals surface area contributed by atoms with Gasteiger partial charge < -0.3 is 10.4 Å². The lowest BCUT2D eigenvalue weighted by Gasteiger charge is -2.25. The Hall–Kier alpha value is -1.73. The van der Waals surface area contributed by atoms with Crippen LogP contribution in [0.2, 0.25) is 0 Å². The van der Waals surface area contributed by atoms with Crippen molar-refractivity contribution in [2.75, 3.05) is 0 Å². The Balaban J connectivity index is 1.66. The number of aromatic nitrogens is 1. The fourth-order valence-electron chi connectivity index (χ4n) is 2.75. The first-order chi connectivity index (χ1) is 10.6. The average Bonchev–Trinajstić information content (AvgIpc) is 3.19. The van der Waals surface area contributed by atoms with E-state index in [2.05, 4.69) is 10.3 Å². The highest BCUT2D eigenvalue weighted by Gasteiger charge is 2.42. The van der Waals surface area contributed by atoms with E-state index in [1.807, 2.05) is 22.9 Å². The molecule has 0 spiro atoms. The van der Waals surface area contributed by atoms with Crippen molar-refractivity contribution in [3.63, 3.8) is 0 Å². The fraction of sp³-hybridized carbons (Fsp3) is 0.400. The van der Waals surface area contributed by atoms with Gasteiger partial charge in [0.15, 0.2) is 0 Å². The zero-order valence-electron chi connectivity index (χ0n) is 11.9. The molecule has 116 valence electrons. The number of hydrogen-bond acceptors (Lipinski definition) is 5. The van der Waals surface area contributed by atoms with E-state index < -0.39 is 11.5 Å². The lowest BCUT2D eigenvalue weighted by atomic mass is 9.97. The average molecular weight is 336 g/mol. The van der Waals surface area contributed by atoms with Crippen LogP contribution in [0.15, 0.2) is 22.9 Å². The van der Waals surface area contributed by atoms with Gasteiger partial charge in [-0.15, -0.1) is 22.7 Å². The quantitative estimate of drug-likeness (QED) is 0.880. The smallest absolute Gasteiger partial charge is 0.329 e. The normalized spacial score (nSPS) is 16.5. The summed E-state index contributed by atoms with van der Waals surface area (Å²) in [5, 5.41) is 16.8. The van der Waals surface area contributed by atoms with Gasteiger partial charge >= 0.3 is 5.97 Å². The second-order valence-corrected chi connectivity index (χ2v) is 7.25. The van der Waals surface area contributed by atoms with E-state index in [-0.39, 0.29) is 12.3 Å². The molecule has 0 aliphatic heterocycles. The van der Waals surface area contributed by atoms with Gasteiger partial charge in [-0.3, -0.25) is 4.79 Å². The molecule has 7 heteroatoms. The monoisotopic (exact) mass is 336 g/mol. The summed E-state index contributed by atoms with van der Waals surface area (Å²) in [6.45, 7) is 0. The molecule has 0 bridgehead atoms. The summed E-state index contributed by atoms with van der Waals surface area (Å²) in [5.74, 6) is -1.21. The van der Waals surface area contributed by atoms with Crippen LogP contribution in [0.25, 0.3) is 9.88 Å². The van der Waals surface area contributed by atoms with Gasteiger partial charge in [0, 0.05) is 5.38 Å². The van der Waals surface area contributed by atoms with Crippen molar-refractivity contribution in [1.29, 1.82) is 0 Å². The molecular weight excluding hydrogens is 320 g/mol. The van der Waals surface area contributed by atoms with Gasteiger partial charge in [-0.05, 0) is 24.3 Å². The van der Waals surface area contributed by atoms with Crippen LogP contribution in [0.3, 0.4) is 0 Å². The van der Waals surface area contributed by atoms with Gasteiger partial charge in [0.25, 0.3) is 0 Å². The van der Waals surface area contributed by atoms with E-state index in [4.69, 9.17) is 0 Å². The van der Waals surface area contributed by atoms with E-state index in [1.54, 1.807) is 11.3 Å². The number of carboxylic acid groups (broad SMARTS) is 1. The molecule has 22 heavy (non-hydrogen) atoms. The Morgan fingerprint density at radius 1 is 1.32 bits per heavy atom. The summed E-state index contributed by atoms with van der Waals surface area (Å²) in [6, 6.07) is 3.95. The number of hydrogen-bond donors (Lipinski definition) is 2. The zero-order valence-corrected chi connectivity index (χ0v) is 13.5. The van der Waals surface area contributed by atoms with Crippen molar-refractivity contribution < 1.29 is 14.7 Å². The molecule has 1 fully saturated rings. The first-order valence-electron chi connectivity index (χ1n) is 7.12. The molecule has 1 amide bonds. The minimum absolute atomic E-state index is 0.122. The topological polar surface area (TPSA) is 79.3 Å². The largest absolute Gasteiger partial charge is 0.480 e. The van der Waals surface area contributed by atoms with Crippen LogP contribution in [0.5, 0.6) is 0 Å². The van der Waals surface area contributed by atoms with Crippen LogP contribution in [0.4, 0.5) is 0 Å². The minimum atomic E-state index is -1.08. The molecule has 0 aromatic carbocycles. The Morgan fingerprint density at radius 2 is 2.09 bits per heavy atom.